The first-order chi connectivity index (χ1) is 7.50. The lowest BCUT2D eigenvalue weighted by molar-refractivity contribution is 0.382. The van der Waals surface area contributed by atoms with Crippen LogP contribution in [0.3, 0.4) is 0 Å². The third-order valence-corrected chi connectivity index (χ3v) is 3.40. The molecule has 1 nitrogen and oxygen atoms in total. The molecule has 2 heteroatoms. The van der Waals surface area contributed by atoms with Crippen molar-refractivity contribution in [2.24, 2.45) is 5.92 Å². The summed E-state index contributed by atoms with van der Waals surface area (Å²) in [4.78, 5) is 0. The monoisotopic (exact) mass is 239 g/mol. The molecule has 0 aliphatic heterocycles. The Labute approximate surface area is 104 Å². The SMILES string of the molecule is CC(Cc1ccccc1Cl)NC(C)C(C)C. The smallest absolute Gasteiger partial charge is 0.0438 e. The van der Waals surface area contributed by atoms with Gasteiger partial charge >= 0.3 is 0 Å². The molecule has 0 saturated heterocycles. The molecule has 0 fully saturated rings. The van der Waals surface area contributed by atoms with Crippen LogP contribution in [-0.4, -0.2) is 12.1 Å². The van der Waals surface area contributed by atoms with E-state index in [-0.39, 0.29) is 0 Å². The van der Waals surface area contributed by atoms with Gasteiger partial charge in [0, 0.05) is 17.1 Å². The molecule has 0 aromatic heterocycles. The normalized spacial score (nSPS) is 15.1. The molecule has 16 heavy (non-hydrogen) atoms. The summed E-state index contributed by atoms with van der Waals surface area (Å²) in [6.07, 6.45) is 0.983. The third kappa shape index (κ3) is 4.15. The van der Waals surface area contributed by atoms with Gasteiger partial charge in [-0.2, -0.15) is 0 Å². The summed E-state index contributed by atoms with van der Waals surface area (Å²) in [6.45, 7) is 8.91. The second kappa shape index (κ2) is 6.27. The number of nitrogens with one attached hydrogen (secondary N) is 1. The fourth-order valence-electron chi connectivity index (χ4n) is 1.69. The molecule has 1 aromatic carbocycles. The van der Waals surface area contributed by atoms with Gasteiger partial charge < -0.3 is 5.32 Å². The van der Waals surface area contributed by atoms with Crippen molar-refractivity contribution in [2.75, 3.05) is 0 Å². The first kappa shape index (κ1) is 13.5. The summed E-state index contributed by atoms with van der Waals surface area (Å²) < 4.78 is 0. The lowest BCUT2D eigenvalue weighted by Crippen LogP contribution is -2.38. The van der Waals surface area contributed by atoms with Gasteiger partial charge in [0.05, 0.1) is 0 Å². The predicted molar refractivity (Wildman–Crippen MR) is 72.1 cm³/mol. The van der Waals surface area contributed by atoms with Crippen molar-refractivity contribution in [1.82, 2.24) is 5.32 Å². The Bertz CT molecular complexity index is 322. The maximum Gasteiger partial charge on any atom is 0.0438 e. The van der Waals surface area contributed by atoms with Gasteiger partial charge in [0.1, 0.15) is 0 Å². The van der Waals surface area contributed by atoms with E-state index >= 15 is 0 Å². The van der Waals surface area contributed by atoms with Crippen LogP contribution in [0.1, 0.15) is 33.3 Å². The fraction of sp³-hybridized carbons (Fsp3) is 0.571. The summed E-state index contributed by atoms with van der Waals surface area (Å²) in [5.41, 5.74) is 1.22. The quantitative estimate of drug-likeness (QED) is 0.822. The maximum atomic E-state index is 6.14. The van der Waals surface area contributed by atoms with E-state index in [1.807, 2.05) is 18.2 Å². The Hall–Kier alpha value is -0.530. The van der Waals surface area contributed by atoms with Gasteiger partial charge in [-0.25, -0.2) is 0 Å². The zero-order chi connectivity index (χ0) is 12.1. The molecule has 1 rings (SSSR count). The average Bonchev–Trinajstić information content (AvgIpc) is 2.21. The standard InChI is InChI=1S/C14H22ClN/c1-10(2)12(4)16-11(3)9-13-7-5-6-8-14(13)15/h5-8,10-12,16H,9H2,1-4H3. The Morgan fingerprint density at radius 1 is 1.12 bits per heavy atom. The summed E-state index contributed by atoms with van der Waals surface area (Å²) in [6, 6.07) is 9.06. The lowest BCUT2D eigenvalue weighted by Gasteiger charge is -2.23. The lowest BCUT2D eigenvalue weighted by atomic mass is 10.0. The fourth-order valence-corrected chi connectivity index (χ4v) is 1.91. The first-order valence-electron chi connectivity index (χ1n) is 6.00. The summed E-state index contributed by atoms with van der Waals surface area (Å²) in [7, 11) is 0. The average molecular weight is 240 g/mol. The number of hydrogen-bond donors (Lipinski definition) is 1. The van der Waals surface area contributed by atoms with Crippen molar-refractivity contribution in [1.29, 1.82) is 0 Å². The third-order valence-electron chi connectivity index (χ3n) is 3.03. The van der Waals surface area contributed by atoms with Crippen LogP contribution in [0, 0.1) is 5.92 Å². The highest BCUT2D eigenvalue weighted by Crippen LogP contribution is 2.17. The van der Waals surface area contributed by atoms with Gasteiger partial charge in [-0.15, -0.1) is 0 Å². The molecule has 90 valence electrons. The van der Waals surface area contributed by atoms with Crippen LogP contribution in [-0.2, 0) is 6.42 Å². The van der Waals surface area contributed by atoms with Crippen LogP contribution >= 0.6 is 11.6 Å². The first-order valence-corrected chi connectivity index (χ1v) is 6.38. The van der Waals surface area contributed by atoms with Crippen molar-refractivity contribution >= 4 is 11.6 Å². The number of rotatable bonds is 5. The van der Waals surface area contributed by atoms with Crippen molar-refractivity contribution in [3.8, 4) is 0 Å². The highest BCUT2D eigenvalue weighted by Gasteiger charge is 2.11. The summed E-state index contributed by atoms with van der Waals surface area (Å²) in [5.74, 6) is 0.661. The highest BCUT2D eigenvalue weighted by atomic mass is 35.5. The molecule has 0 saturated carbocycles. The minimum Gasteiger partial charge on any atom is -0.311 e. The maximum absolute atomic E-state index is 6.14. The van der Waals surface area contributed by atoms with E-state index in [0.717, 1.165) is 11.4 Å². The molecular formula is C14H22ClN. The molecule has 0 spiro atoms. The minimum atomic E-state index is 0.456. The van der Waals surface area contributed by atoms with Crippen LogP contribution in [0.2, 0.25) is 5.02 Å². The van der Waals surface area contributed by atoms with Gasteiger partial charge in [-0.3, -0.25) is 0 Å². The second-order valence-corrected chi connectivity index (χ2v) is 5.30. The van der Waals surface area contributed by atoms with E-state index in [9.17, 15) is 0 Å². The van der Waals surface area contributed by atoms with E-state index in [4.69, 9.17) is 11.6 Å². The number of hydrogen-bond acceptors (Lipinski definition) is 1. The van der Waals surface area contributed by atoms with Crippen LogP contribution in [0.25, 0.3) is 0 Å². The Kier molecular flexibility index (Phi) is 5.30. The topological polar surface area (TPSA) is 12.0 Å². The molecular weight excluding hydrogens is 218 g/mol. The molecule has 2 unspecified atom stereocenters. The van der Waals surface area contributed by atoms with Crippen molar-refractivity contribution in [2.45, 2.75) is 46.2 Å². The van der Waals surface area contributed by atoms with Crippen molar-refractivity contribution in [3.05, 3.63) is 34.9 Å². The van der Waals surface area contributed by atoms with Gasteiger partial charge in [0.15, 0.2) is 0 Å². The van der Waals surface area contributed by atoms with Gasteiger partial charge in [0.2, 0.25) is 0 Å². The zero-order valence-corrected chi connectivity index (χ0v) is 11.4. The van der Waals surface area contributed by atoms with E-state index in [2.05, 4.69) is 39.1 Å². The summed E-state index contributed by atoms with van der Waals surface area (Å²) >= 11 is 6.14. The predicted octanol–water partition coefficient (Wildman–Crippen LogP) is 3.91. The molecule has 2 atom stereocenters. The molecule has 0 bridgehead atoms. The molecule has 1 N–H and O–H groups in total. The van der Waals surface area contributed by atoms with Crippen LogP contribution in [0.4, 0.5) is 0 Å². The van der Waals surface area contributed by atoms with E-state index in [1.54, 1.807) is 0 Å². The van der Waals surface area contributed by atoms with Crippen LogP contribution in [0.5, 0.6) is 0 Å². The van der Waals surface area contributed by atoms with E-state index in [1.165, 1.54) is 5.56 Å². The number of benzene rings is 1. The molecule has 0 radical (unpaired) electrons. The van der Waals surface area contributed by atoms with Crippen LogP contribution < -0.4 is 5.32 Å². The van der Waals surface area contributed by atoms with Gasteiger partial charge in [-0.05, 0) is 37.8 Å². The molecule has 1 aromatic rings. The van der Waals surface area contributed by atoms with Gasteiger partial charge in [-0.1, -0.05) is 43.6 Å². The minimum absolute atomic E-state index is 0.456. The Morgan fingerprint density at radius 2 is 1.75 bits per heavy atom. The molecule has 0 aliphatic carbocycles. The molecule has 0 heterocycles. The zero-order valence-electron chi connectivity index (χ0n) is 10.6. The van der Waals surface area contributed by atoms with Gasteiger partial charge in [0.25, 0.3) is 0 Å². The Morgan fingerprint density at radius 3 is 2.31 bits per heavy atom. The van der Waals surface area contributed by atoms with Crippen LogP contribution in [0.15, 0.2) is 24.3 Å². The largest absolute Gasteiger partial charge is 0.311 e. The molecule has 0 aliphatic rings. The highest BCUT2D eigenvalue weighted by molar-refractivity contribution is 6.31. The molecule has 0 amide bonds. The van der Waals surface area contributed by atoms with E-state index in [0.29, 0.717) is 18.0 Å². The van der Waals surface area contributed by atoms with Crippen molar-refractivity contribution in [3.63, 3.8) is 0 Å². The Balaban J connectivity index is 2.52. The summed E-state index contributed by atoms with van der Waals surface area (Å²) in [5, 5.41) is 4.47. The second-order valence-electron chi connectivity index (χ2n) is 4.90. The van der Waals surface area contributed by atoms with E-state index < -0.39 is 0 Å². The number of halogens is 1. The van der Waals surface area contributed by atoms with Crippen molar-refractivity contribution < 1.29 is 0 Å².